The lowest BCUT2D eigenvalue weighted by Gasteiger charge is -2.34. The molecule has 1 aromatic heterocycles. The van der Waals surface area contributed by atoms with E-state index in [-0.39, 0.29) is 12.1 Å². The van der Waals surface area contributed by atoms with Gasteiger partial charge in [0.25, 0.3) is 0 Å². The molecule has 1 amide bonds. The standard InChI is InChI=1S/C11H17IN4O2/c1-7-5-16-8(9(12)13-14-16)6-15(7)10(17)18-11(2,3)4/h7H,5-6H2,1-4H3/t7-/m0/s1. The number of ether oxygens (including phenoxy) is 1. The second-order valence-electron chi connectivity index (χ2n) is 5.47. The first kappa shape index (κ1) is 13.6. The molecule has 0 saturated carbocycles. The summed E-state index contributed by atoms with van der Waals surface area (Å²) in [6.45, 7) is 8.76. The molecule has 0 aromatic carbocycles. The van der Waals surface area contributed by atoms with E-state index in [0.29, 0.717) is 13.1 Å². The Morgan fingerprint density at radius 2 is 2.17 bits per heavy atom. The van der Waals surface area contributed by atoms with Crippen LogP contribution in [0.2, 0.25) is 0 Å². The number of hydrogen-bond donors (Lipinski definition) is 0. The van der Waals surface area contributed by atoms with Gasteiger partial charge in [-0.3, -0.25) is 4.90 Å². The second kappa shape index (κ2) is 4.67. The van der Waals surface area contributed by atoms with Gasteiger partial charge in [0.05, 0.1) is 24.8 Å². The van der Waals surface area contributed by atoms with E-state index in [0.717, 1.165) is 9.39 Å². The molecule has 2 heterocycles. The summed E-state index contributed by atoms with van der Waals surface area (Å²) in [5.41, 5.74) is 0.499. The Balaban J connectivity index is 2.16. The summed E-state index contributed by atoms with van der Waals surface area (Å²) >= 11 is 2.13. The highest BCUT2D eigenvalue weighted by Gasteiger charge is 2.32. The van der Waals surface area contributed by atoms with Crippen LogP contribution in [0.1, 0.15) is 33.4 Å². The average molecular weight is 364 g/mol. The van der Waals surface area contributed by atoms with Gasteiger partial charge in [0.1, 0.15) is 9.30 Å². The first-order valence-electron chi connectivity index (χ1n) is 5.85. The molecule has 0 saturated heterocycles. The van der Waals surface area contributed by atoms with E-state index in [2.05, 4.69) is 32.9 Å². The van der Waals surface area contributed by atoms with Gasteiger partial charge in [0.2, 0.25) is 0 Å². The molecule has 0 aliphatic carbocycles. The zero-order valence-electron chi connectivity index (χ0n) is 11.0. The number of hydrogen-bond acceptors (Lipinski definition) is 4. The largest absolute Gasteiger partial charge is 0.444 e. The summed E-state index contributed by atoms with van der Waals surface area (Å²) < 4.78 is 8.11. The molecule has 100 valence electrons. The van der Waals surface area contributed by atoms with E-state index in [1.165, 1.54) is 0 Å². The molecule has 1 aliphatic rings. The summed E-state index contributed by atoms with van der Waals surface area (Å²) in [5.74, 6) is 0. The van der Waals surface area contributed by atoms with Crippen molar-refractivity contribution in [1.29, 1.82) is 0 Å². The minimum absolute atomic E-state index is 0.0600. The summed E-state index contributed by atoms with van der Waals surface area (Å²) in [4.78, 5) is 13.8. The number of amides is 1. The molecular weight excluding hydrogens is 347 g/mol. The molecule has 1 aliphatic heterocycles. The Bertz CT molecular complexity index is 466. The van der Waals surface area contributed by atoms with Gasteiger partial charge in [-0.1, -0.05) is 5.21 Å². The maximum atomic E-state index is 12.1. The highest BCUT2D eigenvalue weighted by atomic mass is 127. The van der Waals surface area contributed by atoms with Gasteiger partial charge in [-0.05, 0) is 50.3 Å². The quantitative estimate of drug-likeness (QED) is 0.661. The lowest BCUT2D eigenvalue weighted by molar-refractivity contribution is 0.00894. The summed E-state index contributed by atoms with van der Waals surface area (Å²) in [7, 11) is 0. The Morgan fingerprint density at radius 1 is 1.50 bits per heavy atom. The molecular formula is C11H17IN4O2. The van der Waals surface area contributed by atoms with Crippen molar-refractivity contribution in [1.82, 2.24) is 19.9 Å². The van der Waals surface area contributed by atoms with E-state index in [1.807, 2.05) is 32.4 Å². The molecule has 0 unspecified atom stereocenters. The third-order valence-electron chi connectivity index (χ3n) is 2.71. The summed E-state index contributed by atoms with van der Waals surface area (Å²) in [6, 6.07) is 0.0600. The molecule has 1 aromatic rings. The van der Waals surface area contributed by atoms with Gasteiger partial charge >= 0.3 is 6.09 Å². The predicted molar refractivity (Wildman–Crippen MR) is 74.0 cm³/mol. The third-order valence-corrected chi connectivity index (χ3v) is 3.55. The van der Waals surface area contributed by atoms with E-state index in [4.69, 9.17) is 4.74 Å². The van der Waals surface area contributed by atoms with Gasteiger partial charge in [0, 0.05) is 0 Å². The van der Waals surface area contributed by atoms with E-state index < -0.39 is 5.60 Å². The second-order valence-corrected chi connectivity index (χ2v) is 6.49. The Hall–Kier alpha value is -0.860. The molecule has 18 heavy (non-hydrogen) atoms. The Morgan fingerprint density at radius 3 is 2.78 bits per heavy atom. The van der Waals surface area contributed by atoms with Crippen LogP contribution in [0.5, 0.6) is 0 Å². The molecule has 7 heteroatoms. The first-order chi connectivity index (χ1) is 8.28. The first-order valence-corrected chi connectivity index (χ1v) is 6.93. The van der Waals surface area contributed by atoms with E-state index in [1.54, 1.807) is 4.90 Å². The third kappa shape index (κ3) is 2.76. The number of aromatic nitrogens is 3. The molecule has 0 spiro atoms. The van der Waals surface area contributed by atoms with Crippen molar-refractivity contribution >= 4 is 28.7 Å². The molecule has 6 nitrogen and oxygen atoms in total. The van der Waals surface area contributed by atoms with Crippen molar-refractivity contribution in [2.24, 2.45) is 0 Å². The zero-order chi connectivity index (χ0) is 13.5. The number of carbonyl (C=O) groups is 1. The van der Waals surface area contributed by atoms with Crippen LogP contribution in [0.4, 0.5) is 4.79 Å². The number of halogens is 1. The van der Waals surface area contributed by atoms with Crippen LogP contribution in [-0.4, -0.2) is 37.6 Å². The van der Waals surface area contributed by atoms with Crippen molar-refractivity contribution in [3.8, 4) is 0 Å². The topological polar surface area (TPSA) is 60.2 Å². The highest BCUT2D eigenvalue weighted by molar-refractivity contribution is 14.1. The highest BCUT2D eigenvalue weighted by Crippen LogP contribution is 2.22. The minimum Gasteiger partial charge on any atom is -0.444 e. The lowest BCUT2D eigenvalue weighted by atomic mass is 10.2. The number of fused-ring (bicyclic) bond motifs is 1. The molecule has 0 N–H and O–H groups in total. The number of nitrogens with zero attached hydrogens (tertiary/aromatic N) is 4. The molecule has 0 bridgehead atoms. The van der Waals surface area contributed by atoms with Crippen LogP contribution in [0.25, 0.3) is 0 Å². The van der Waals surface area contributed by atoms with E-state index >= 15 is 0 Å². The summed E-state index contributed by atoms with van der Waals surface area (Å²) in [6.07, 6.45) is -0.279. The monoisotopic (exact) mass is 364 g/mol. The molecule has 1 atom stereocenters. The van der Waals surface area contributed by atoms with Crippen molar-refractivity contribution in [2.75, 3.05) is 0 Å². The van der Waals surface area contributed by atoms with Gasteiger partial charge in [0.15, 0.2) is 0 Å². The smallest absolute Gasteiger partial charge is 0.410 e. The molecule has 0 radical (unpaired) electrons. The maximum Gasteiger partial charge on any atom is 0.410 e. The molecule has 0 fully saturated rings. The van der Waals surface area contributed by atoms with Crippen molar-refractivity contribution in [3.05, 3.63) is 9.39 Å². The lowest BCUT2D eigenvalue weighted by Crippen LogP contribution is -2.47. The zero-order valence-corrected chi connectivity index (χ0v) is 13.1. The van der Waals surface area contributed by atoms with Crippen LogP contribution >= 0.6 is 22.6 Å². The maximum absolute atomic E-state index is 12.1. The molecule has 2 rings (SSSR count). The average Bonchev–Trinajstić information content (AvgIpc) is 2.56. The van der Waals surface area contributed by atoms with Gasteiger partial charge in [-0.2, -0.15) is 0 Å². The van der Waals surface area contributed by atoms with Crippen molar-refractivity contribution < 1.29 is 9.53 Å². The van der Waals surface area contributed by atoms with Crippen LogP contribution in [0.3, 0.4) is 0 Å². The minimum atomic E-state index is -0.472. The fourth-order valence-corrected chi connectivity index (χ4v) is 2.38. The van der Waals surface area contributed by atoms with Crippen LogP contribution in [0.15, 0.2) is 0 Å². The van der Waals surface area contributed by atoms with Gasteiger partial charge in [-0.15, -0.1) is 5.10 Å². The predicted octanol–water partition coefficient (Wildman–Crippen LogP) is 2.02. The van der Waals surface area contributed by atoms with Crippen LogP contribution in [-0.2, 0) is 17.8 Å². The van der Waals surface area contributed by atoms with Crippen molar-refractivity contribution in [2.45, 2.75) is 52.4 Å². The number of carbonyl (C=O) groups excluding carboxylic acids is 1. The normalized spacial score (nSPS) is 19.6. The van der Waals surface area contributed by atoms with Crippen molar-refractivity contribution in [3.63, 3.8) is 0 Å². The Labute approximate surface area is 120 Å². The van der Waals surface area contributed by atoms with Gasteiger partial charge < -0.3 is 4.74 Å². The van der Waals surface area contributed by atoms with Crippen LogP contribution in [0, 0.1) is 3.70 Å². The van der Waals surface area contributed by atoms with Gasteiger partial charge in [-0.25, -0.2) is 9.48 Å². The SMILES string of the molecule is C[C@H]1Cn2nnc(I)c2CN1C(=O)OC(C)(C)C. The summed E-state index contributed by atoms with van der Waals surface area (Å²) in [5, 5.41) is 8.08. The van der Waals surface area contributed by atoms with E-state index in [9.17, 15) is 4.79 Å². The fourth-order valence-electron chi connectivity index (χ4n) is 1.84. The fraction of sp³-hybridized carbons (Fsp3) is 0.727. The number of rotatable bonds is 0. The van der Waals surface area contributed by atoms with Crippen LogP contribution < -0.4 is 0 Å². The Kier molecular flexibility index (Phi) is 3.52.